The molecule has 3 heteroatoms. The van der Waals surface area contributed by atoms with Crippen LogP contribution in [0.25, 0.3) is 0 Å². The smallest absolute Gasteiger partial charge is 0.114 e. The van der Waals surface area contributed by atoms with Crippen LogP contribution in [0.1, 0.15) is 36.9 Å². The maximum Gasteiger partial charge on any atom is 0.114 e. The minimum atomic E-state index is 0.129. The molecule has 1 aromatic carbocycles. The molecule has 1 aromatic rings. The van der Waals surface area contributed by atoms with E-state index >= 15 is 0 Å². The number of benzene rings is 1. The third-order valence-corrected chi connectivity index (χ3v) is 3.23. The predicted molar refractivity (Wildman–Crippen MR) is 75.9 cm³/mol. The number of rotatable bonds is 5. The van der Waals surface area contributed by atoms with Crippen molar-refractivity contribution in [3.8, 4) is 0 Å². The molecule has 0 fully saturated rings. The minimum Gasteiger partial charge on any atom is -0.496 e. The Labute approximate surface area is 114 Å². The summed E-state index contributed by atoms with van der Waals surface area (Å²) in [5, 5.41) is 4.31. The number of aryl methyl sites for hydroxylation is 1. The predicted octanol–water partition coefficient (Wildman–Crippen LogP) is 3.99. The zero-order chi connectivity index (χ0) is 13.0. The third-order valence-electron chi connectivity index (χ3n) is 3.01. The standard InChI is InChI=1S/C15H20ClNO/c1-3-6-17-15(14-5-4-7-18-14)12-8-11(2)9-13(16)10-12/h5,8-10,15,17H,3-4,6-7H2,1-2H3. The van der Waals surface area contributed by atoms with Crippen LogP contribution in [0.15, 0.2) is 30.0 Å². The number of hydrogen-bond acceptors (Lipinski definition) is 2. The van der Waals surface area contributed by atoms with Gasteiger partial charge in [0.2, 0.25) is 0 Å². The minimum absolute atomic E-state index is 0.129. The molecule has 1 unspecified atom stereocenters. The van der Waals surface area contributed by atoms with Crippen molar-refractivity contribution in [2.75, 3.05) is 13.2 Å². The molecule has 1 atom stereocenters. The van der Waals surface area contributed by atoms with E-state index in [0.29, 0.717) is 0 Å². The highest BCUT2D eigenvalue weighted by atomic mass is 35.5. The van der Waals surface area contributed by atoms with Crippen LogP contribution < -0.4 is 5.32 Å². The number of ether oxygens (including phenoxy) is 1. The quantitative estimate of drug-likeness (QED) is 0.869. The van der Waals surface area contributed by atoms with Gasteiger partial charge in [0.05, 0.1) is 12.6 Å². The highest BCUT2D eigenvalue weighted by molar-refractivity contribution is 6.30. The lowest BCUT2D eigenvalue weighted by Crippen LogP contribution is -2.24. The van der Waals surface area contributed by atoms with Gasteiger partial charge in [-0.1, -0.05) is 24.6 Å². The third kappa shape index (κ3) is 3.27. The van der Waals surface area contributed by atoms with Gasteiger partial charge < -0.3 is 10.1 Å². The average Bonchev–Trinajstić information content (AvgIpc) is 2.82. The number of hydrogen-bond donors (Lipinski definition) is 1. The van der Waals surface area contributed by atoms with Gasteiger partial charge in [-0.15, -0.1) is 0 Å². The lowest BCUT2D eigenvalue weighted by atomic mass is 10.0. The van der Waals surface area contributed by atoms with Gasteiger partial charge in [-0.05, 0) is 49.2 Å². The second kappa shape index (κ2) is 6.26. The SMILES string of the molecule is CCCNC(C1=CCCO1)c1cc(C)cc(Cl)c1. The van der Waals surface area contributed by atoms with Gasteiger partial charge in [-0.2, -0.15) is 0 Å². The van der Waals surface area contributed by atoms with E-state index in [9.17, 15) is 0 Å². The Morgan fingerprint density at radius 2 is 2.22 bits per heavy atom. The van der Waals surface area contributed by atoms with Gasteiger partial charge in [0.15, 0.2) is 0 Å². The molecule has 18 heavy (non-hydrogen) atoms. The Bertz CT molecular complexity index is 422. The van der Waals surface area contributed by atoms with Crippen molar-refractivity contribution in [1.29, 1.82) is 0 Å². The fraction of sp³-hybridized carbons (Fsp3) is 0.467. The molecule has 2 rings (SSSR count). The molecule has 0 saturated carbocycles. The number of halogens is 1. The van der Waals surface area contributed by atoms with Crippen molar-refractivity contribution in [1.82, 2.24) is 5.32 Å². The molecule has 1 aliphatic rings. The van der Waals surface area contributed by atoms with Gasteiger partial charge in [0.1, 0.15) is 5.76 Å². The van der Waals surface area contributed by atoms with Crippen LogP contribution in [0.3, 0.4) is 0 Å². The molecule has 0 amide bonds. The number of nitrogens with one attached hydrogen (secondary N) is 1. The van der Waals surface area contributed by atoms with Crippen molar-refractivity contribution >= 4 is 11.6 Å². The van der Waals surface area contributed by atoms with Crippen molar-refractivity contribution in [2.45, 2.75) is 32.7 Å². The first kappa shape index (κ1) is 13.4. The fourth-order valence-corrected chi connectivity index (χ4v) is 2.54. The van der Waals surface area contributed by atoms with E-state index in [0.717, 1.165) is 36.8 Å². The van der Waals surface area contributed by atoms with Crippen molar-refractivity contribution in [2.24, 2.45) is 0 Å². The lowest BCUT2D eigenvalue weighted by Gasteiger charge is -2.21. The van der Waals surface area contributed by atoms with Gasteiger partial charge in [0.25, 0.3) is 0 Å². The van der Waals surface area contributed by atoms with Crippen molar-refractivity contribution < 1.29 is 4.74 Å². The summed E-state index contributed by atoms with van der Waals surface area (Å²) in [5.74, 6) is 1.03. The Morgan fingerprint density at radius 1 is 1.39 bits per heavy atom. The largest absolute Gasteiger partial charge is 0.496 e. The molecule has 1 heterocycles. The maximum absolute atomic E-state index is 6.15. The summed E-state index contributed by atoms with van der Waals surface area (Å²) in [5.41, 5.74) is 2.36. The Morgan fingerprint density at radius 3 is 2.83 bits per heavy atom. The molecule has 0 aromatic heterocycles. The van der Waals surface area contributed by atoms with E-state index in [1.54, 1.807) is 0 Å². The fourth-order valence-electron chi connectivity index (χ4n) is 2.24. The first-order chi connectivity index (χ1) is 8.70. The maximum atomic E-state index is 6.15. The summed E-state index contributed by atoms with van der Waals surface area (Å²) in [6.45, 7) is 5.99. The van der Waals surface area contributed by atoms with Gasteiger partial charge >= 0.3 is 0 Å². The molecule has 0 aliphatic carbocycles. The molecule has 0 radical (unpaired) electrons. The topological polar surface area (TPSA) is 21.3 Å². The second-order valence-electron chi connectivity index (χ2n) is 4.69. The van der Waals surface area contributed by atoms with E-state index in [-0.39, 0.29) is 6.04 Å². The summed E-state index contributed by atoms with van der Waals surface area (Å²) in [4.78, 5) is 0. The van der Waals surface area contributed by atoms with E-state index in [1.807, 2.05) is 12.1 Å². The normalized spacial score (nSPS) is 16.3. The highest BCUT2D eigenvalue weighted by Gasteiger charge is 2.20. The molecule has 0 saturated heterocycles. The van der Waals surface area contributed by atoms with Crippen molar-refractivity contribution in [3.63, 3.8) is 0 Å². The van der Waals surface area contributed by atoms with Gasteiger partial charge in [-0.3, -0.25) is 0 Å². The van der Waals surface area contributed by atoms with Crippen LogP contribution in [0, 0.1) is 6.92 Å². The summed E-state index contributed by atoms with van der Waals surface area (Å²) in [7, 11) is 0. The molecule has 0 spiro atoms. The van der Waals surface area contributed by atoms with Gasteiger partial charge in [0, 0.05) is 11.4 Å². The zero-order valence-electron chi connectivity index (χ0n) is 11.0. The molecular weight excluding hydrogens is 246 g/mol. The summed E-state index contributed by atoms with van der Waals surface area (Å²) in [6, 6.07) is 6.29. The molecular formula is C15H20ClNO. The lowest BCUT2D eigenvalue weighted by molar-refractivity contribution is 0.215. The molecule has 1 N–H and O–H groups in total. The first-order valence-electron chi connectivity index (χ1n) is 6.54. The Balaban J connectivity index is 2.26. The summed E-state index contributed by atoms with van der Waals surface area (Å²) < 4.78 is 5.70. The van der Waals surface area contributed by atoms with E-state index < -0.39 is 0 Å². The van der Waals surface area contributed by atoms with Crippen LogP contribution >= 0.6 is 11.6 Å². The summed E-state index contributed by atoms with van der Waals surface area (Å²) in [6.07, 6.45) is 4.27. The average molecular weight is 266 g/mol. The monoisotopic (exact) mass is 265 g/mol. The zero-order valence-corrected chi connectivity index (χ0v) is 11.8. The van der Waals surface area contributed by atoms with Crippen LogP contribution in [-0.4, -0.2) is 13.2 Å². The summed E-state index contributed by atoms with van der Waals surface area (Å²) >= 11 is 6.15. The van der Waals surface area contributed by atoms with Crippen LogP contribution in [0.4, 0.5) is 0 Å². The molecule has 2 nitrogen and oxygen atoms in total. The Kier molecular flexibility index (Phi) is 4.67. The first-order valence-corrected chi connectivity index (χ1v) is 6.92. The van der Waals surface area contributed by atoms with Crippen LogP contribution in [0.5, 0.6) is 0 Å². The highest BCUT2D eigenvalue weighted by Crippen LogP contribution is 2.29. The molecule has 0 bridgehead atoms. The van der Waals surface area contributed by atoms with E-state index in [2.05, 4.69) is 31.3 Å². The molecule has 98 valence electrons. The van der Waals surface area contributed by atoms with Crippen LogP contribution in [0.2, 0.25) is 5.02 Å². The van der Waals surface area contributed by atoms with Crippen LogP contribution in [-0.2, 0) is 4.74 Å². The second-order valence-corrected chi connectivity index (χ2v) is 5.13. The van der Waals surface area contributed by atoms with E-state index in [4.69, 9.17) is 16.3 Å². The van der Waals surface area contributed by atoms with Gasteiger partial charge in [-0.25, -0.2) is 0 Å². The molecule has 1 aliphatic heterocycles. The van der Waals surface area contributed by atoms with Crippen molar-refractivity contribution in [3.05, 3.63) is 46.2 Å². The van der Waals surface area contributed by atoms with E-state index in [1.165, 1.54) is 11.1 Å². The Hall–Kier alpha value is -0.990.